The molecular weight excluding hydrogens is 408 g/mol. The zero-order valence-electron chi connectivity index (χ0n) is 19.7. The molecule has 4 aromatic rings. The second-order valence-electron chi connectivity index (χ2n) is 8.00. The first-order valence-electron chi connectivity index (χ1n) is 11.2. The third kappa shape index (κ3) is 4.53. The van der Waals surface area contributed by atoms with Crippen molar-refractivity contribution in [2.24, 2.45) is 0 Å². The van der Waals surface area contributed by atoms with Gasteiger partial charge in [-0.05, 0) is 42.7 Å². The van der Waals surface area contributed by atoms with Gasteiger partial charge in [0.2, 0.25) is 5.95 Å². The van der Waals surface area contributed by atoms with Crippen LogP contribution in [0.2, 0.25) is 0 Å². The summed E-state index contributed by atoms with van der Waals surface area (Å²) in [6, 6.07) is 22.9. The molecule has 1 N–H and O–H groups in total. The summed E-state index contributed by atoms with van der Waals surface area (Å²) in [5.74, 6) is 1.39. The Morgan fingerprint density at radius 3 is 2.52 bits per heavy atom. The number of hydrogen-bond acceptors (Lipinski definition) is 5. The Bertz CT molecular complexity index is 1280. The van der Waals surface area contributed by atoms with E-state index in [1.54, 1.807) is 7.11 Å². The fraction of sp³-hybridized carbons (Fsp3) is 0.214. The fourth-order valence-corrected chi connectivity index (χ4v) is 4.07. The van der Waals surface area contributed by atoms with Crippen LogP contribution in [0.1, 0.15) is 24.5 Å². The quantitative estimate of drug-likeness (QED) is 0.338. The number of benzene rings is 3. The van der Waals surface area contributed by atoms with Gasteiger partial charge in [0.15, 0.2) is 0 Å². The molecule has 0 bridgehead atoms. The first-order chi connectivity index (χ1) is 16.0. The molecule has 0 aliphatic rings. The number of hydrogen-bond donors (Lipinski definition) is 1. The Balaban J connectivity index is 1.84. The maximum absolute atomic E-state index is 5.52. The van der Waals surface area contributed by atoms with Crippen LogP contribution in [0.5, 0.6) is 5.75 Å². The molecule has 5 heteroatoms. The molecule has 0 amide bonds. The van der Waals surface area contributed by atoms with Crippen molar-refractivity contribution in [3.05, 3.63) is 84.4 Å². The molecule has 168 valence electrons. The number of methoxy groups -OCH3 is 1. The molecule has 3 aromatic carbocycles. The van der Waals surface area contributed by atoms with Crippen molar-refractivity contribution < 1.29 is 4.74 Å². The summed E-state index contributed by atoms with van der Waals surface area (Å²) in [5.41, 5.74) is 7.00. The van der Waals surface area contributed by atoms with Crippen LogP contribution >= 0.6 is 0 Å². The van der Waals surface area contributed by atoms with Gasteiger partial charge in [-0.3, -0.25) is 0 Å². The highest BCUT2D eigenvalue weighted by molar-refractivity contribution is 5.95. The highest BCUT2D eigenvalue weighted by atomic mass is 16.5. The van der Waals surface area contributed by atoms with E-state index in [9.17, 15) is 0 Å². The number of ether oxygens (including phenoxy) is 1. The molecule has 0 atom stereocenters. The molecule has 0 saturated carbocycles. The van der Waals surface area contributed by atoms with E-state index in [0.717, 1.165) is 63.4 Å². The van der Waals surface area contributed by atoms with Crippen LogP contribution in [-0.4, -0.2) is 30.7 Å². The summed E-state index contributed by atoms with van der Waals surface area (Å²) < 4.78 is 5.52. The zero-order chi connectivity index (χ0) is 23.4. The number of nitrogens with zero attached hydrogens (tertiary/aromatic N) is 3. The lowest BCUT2D eigenvalue weighted by Crippen LogP contribution is -2.21. The molecule has 4 rings (SSSR count). The van der Waals surface area contributed by atoms with Crippen molar-refractivity contribution in [3.8, 4) is 17.0 Å². The van der Waals surface area contributed by atoms with Crippen molar-refractivity contribution >= 4 is 28.2 Å². The SMILES string of the molecule is C=C(c1ccccc1)N(CCC)c1cccc(-c2nc(NC)nc3cc(OC)c(C)cc23)c1. The second kappa shape index (κ2) is 9.74. The number of aryl methyl sites for hydroxylation is 1. The minimum absolute atomic E-state index is 0.577. The van der Waals surface area contributed by atoms with Gasteiger partial charge in [-0.15, -0.1) is 0 Å². The second-order valence-corrected chi connectivity index (χ2v) is 8.00. The van der Waals surface area contributed by atoms with Gasteiger partial charge in [-0.2, -0.15) is 0 Å². The summed E-state index contributed by atoms with van der Waals surface area (Å²) in [6.07, 6.45) is 1.01. The standard InChI is InChI=1S/C28H30N4O/c1-6-15-32(20(3)21-11-8-7-9-12-21)23-14-10-13-22(17-23)27-24-16-19(2)26(33-5)18-25(24)30-28(29-4)31-27/h7-14,16-18H,3,6,15H2,1-2,4-5H3,(H,29,30,31). The summed E-state index contributed by atoms with van der Waals surface area (Å²) in [5, 5.41) is 4.09. The topological polar surface area (TPSA) is 50.3 Å². The van der Waals surface area contributed by atoms with Crippen molar-refractivity contribution in [3.63, 3.8) is 0 Å². The Morgan fingerprint density at radius 2 is 1.82 bits per heavy atom. The molecule has 0 radical (unpaired) electrons. The van der Waals surface area contributed by atoms with Gasteiger partial charge < -0.3 is 15.0 Å². The van der Waals surface area contributed by atoms with Crippen LogP contribution in [0.25, 0.3) is 27.9 Å². The van der Waals surface area contributed by atoms with Crippen LogP contribution in [-0.2, 0) is 0 Å². The van der Waals surface area contributed by atoms with E-state index >= 15 is 0 Å². The van der Waals surface area contributed by atoms with Crippen LogP contribution in [0.4, 0.5) is 11.6 Å². The van der Waals surface area contributed by atoms with Gasteiger partial charge in [0, 0.05) is 42.0 Å². The average molecular weight is 439 g/mol. The van der Waals surface area contributed by atoms with Crippen LogP contribution in [0.15, 0.2) is 73.3 Å². The first-order valence-corrected chi connectivity index (χ1v) is 11.2. The molecule has 0 fully saturated rings. The fourth-order valence-electron chi connectivity index (χ4n) is 4.07. The van der Waals surface area contributed by atoms with Crippen LogP contribution < -0.4 is 15.0 Å². The van der Waals surface area contributed by atoms with E-state index in [-0.39, 0.29) is 0 Å². The first kappa shape index (κ1) is 22.3. The Kier molecular flexibility index (Phi) is 6.59. The van der Waals surface area contributed by atoms with Crippen LogP contribution in [0, 0.1) is 6.92 Å². The zero-order valence-corrected chi connectivity index (χ0v) is 19.7. The normalized spacial score (nSPS) is 10.8. The van der Waals surface area contributed by atoms with Crippen LogP contribution in [0.3, 0.4) is 0 Å². The number of nitrogens with one attached hydrogen (secondary N) is 1. The molecule has 5 nitrogen and oxygen atoms in total. The lowest BCUT2D eigenvalue weighted by molar-refractivity contribution is 0.412. The monoisotopic (exact) mass is 438 g/mol. The number of anilines is 2. The molecule has 1 heterocycles. The lowest BCUT2D eigenvalue weighted by Gasteiger charge is -2.27. The maximum atomic E-state index is 5.52. The summed E-state index contributed by atoms with van der Waals surface area (Å²) in [4.78, 5) is 11.8. The maximum Gasteiger partial charge on any atom is 0.223 e. The predicted molar refractivity (Wildman–Crippen MR) is 139 cm³/mol. The largest absolute Gasteiger partial charge is 0.496 e. The van der Waals surface area contributed by atoms with E-state index in [1.807, 2.05) is 38.2 Å². The van der Waals surface area contributed by atoms with Gasteiger partial charge in [0.25, 0.3) is 0 Å². The van der Waals surface area contributed by atoms with E-state index in [2.05, 4.69) is 71.2 Å². The number of rotatable bonds is 8. The Labute approximate surface area is 195 Å². The third-order valence-corrected chi connectivity index (χ3v) is 5.75. The molecular formula is C28H30N4O. The minimum atomic E-state index is 0.577. The Morgan fingerprint density at radius 1 is 1.03 bits per heavy atom. The highest BCUT2D eigenvalue weighted by Crippen LogP contribution is 2.34. The number of aromatic nitrogens is 2. The van der Waals surface area contributed by atoms with Crippen molar-refractivity contribution in [2.75, 3.05) is 30.9 Å². The molecule has 0 unspecified atom stereocenters. The molecule has 1 aromatic heterocycles. The predicted octanol–water partition coefficient (Wildman–Crippen LogP) is 6.54. The van der Waals surface area contributed by atoms with Crippen molar-refractivity contribution in [1.29, 1.82) is 0 Å². The van der Waals surface area contributed by atoms with Gasteiger partial charge >= 0.3 is 0 Å². The number of fused-ring (bicyclic) bond motifs is 1. The lowest BCUT2D eigenvalue weighted by atomic mass is 10.0. The smallest absolute Gasteiger partial charge is 0.223 e. The molecule has 0 aliphatic carbocycles. The summed E-state index contributed by atoms with van der Waals surface area (Å²) in [7, 11) is 3.51. The van der Waals surface area contributed by atoms with Gasteiger partial charge in [0.1, 0.15) is 5.75 Å². The van der Waals surface area contributed by atoms with Gasteiger partial charge in [-0.25, -0.2) is 9.97 Å². The van der Waals surface area contributed by atoms with Crippen molar-refractivity contribution in [2.45, 2.75) is 20.3 Å². The van der Waals surface area contributed by atoms with E-state index in [1.165, 1.54) is 0 Å². The third-order valence-electron chi connectivity index (χ3n) is 5.75. The van der Waals surface area contributed by atoms with Crippen molar-refractivity contribution in [1.82, 2.24) is 9.97 Å². The van der Waals surface area contributed by atoms with E-state index < -0.39 is 0 Å². The minimum Gasteiger partial charge on any atom is -0.496 e. The summed E-state index contributed by atoms with van der Waals surface area (Å²) >= 11 is 0. The summed E-state index contributed by atoms with van der Waals surface area (Å²) in [6.45, 7) is 9.50. The average Bonchev–Trinajstić information content (AvgIpc) is 2.86. The van der Waals surface area contributed by atoms with Gasteiger partial charge in [-0.1, -0.05) is 56.0 Å². The van der Waals surface area contributed by atoms with Gasteiger partial charge in [0.05, 0.1) is 18.3 Å². The molecule has 33 heavy (non-hydrogen) atoms. The molecule has 0 spiro atoms. The Hall–Kier alpha value is -3.86. The van der Waals surface area contributed by atoms with E-state index in [0.29, 0.717) is 5.95 Å². The van der Waals surface area contributed by atoms with E-state index in [4.69, 9.17) is 9.72 Å². The molecule has 0 aliphatic heterocycles. The molecule has 0 saturated heterocycles. The highest BCUT2D eigenvalue weighted by Gasteiger charge is 2.16.